The molecule has 16 heteroatoms. The van der Waals surface area contributed by atoms with Gasteiger partial charge in [-0.2, -0.15) is 15.2 Å². The fourth-order valence-electron chi connectivity index (χ4n) is 7.67. The summed E-state index contributed by atoms with van der Waals surface area (Å²) in [5.41, 5.74) is 17.7. The topological polar surface area (TPSA) is 216 Å². The maximum atomic E-state index is 10.4. The third kappa shape index (κ3) is 10.6. The second-order valence-corrected chi connectivity index (χ2v) is 16.7. The van der Waals surface area contributed by atoms with Gasteiger partial charge in [-0.05, 0) is 85.4 Å². The molecule has 9 N–H and O–H groups in total. The number of nitrogens with one attached hydrogen (secondary N) is 6. The van der Waals surface area contributed by atoms with Crippen molar-refractivity contribution in [2.75, 3.05) is 24.9 Å². The molecule has 0 saturated heterocycles. The van der Waals surface area contributed by atoms with Gasteiger partial charge in [0.2, 0.25) is 11.9 Å². The van der Waals surface area contributed by atoms with E-state index in [1.165, 1.54) is 0 Å². The number of hydrogen-bond donors (Lipinski definition) is 8. The maximum absolute atomic E-state index is 10.4. The number of aryl methyl sites for hydroxylation is 1. The molecule has 3 aromatic carbocycles. The van der Waals surface area contributed by atoms with E-state index >= 15 is 0 Å². The number of hydrazone groups is 1. The molecule has 62 heavy (non-hydrogen) atoms. The van der Waals surface area contributed by atoms with Crippen molar-refractivity contribution < 1.29 is 14.6 Å². The van der Waals surface area contributed by atoms with Crippen LogP contribution >= 0.6 is 0 Å². The summed E-state index contributed by atoms with van der Waals surface area (Å²) in [5, 5.41) is 36.3. The molecule has 16 nitrogen and oxygen atoms in total. The first-order chi connectivity index (χ1) is 30.0. The van der Waals surface area contributed by atoms with Crippen molar-refractivity contribution in [1.29, 1.82) is 0 Å². The Hall–Kier alpha value is -6.26. The Balaban J connectivity index is 0.000000187. The standard InChI is InChI=1S/C24H28N6O2.C22H33N7O/c1-15(2)20-21-22(30-29-20)23(25-13-16-5-9-18(31-3)10-6-16)28-24(27-21)26-14-17-7-11-19(32-4)12-8-17;1-12(2)17-18-19(29-28-17)21(24-11-14-6-4-5-13(3)20(14)30)27-22(26-18)25-16-9-7-15(23)8-10-16/h5-12,15H,13-14H2,1-4H3,(H,29,30)(H2,25,26,27,28);4-6,12,15-16,19,21,24,29-30H,7-11,23H2,1-3H3,(H,25,27). The molecule has 0 amide bonds. The van der Waals surface area contributed by atoms with E-state index in [2.05, 4.69) is 69.7 Å². The highest BCUT2D eigenvalue weighted by atomic mass is 16.5. The van der Waals surface area contributed by atoms with Gasteiger partial charge in [0, 0.05) is 37.3 Å². The number of aromatic hydroxyl groups is 1. The van der Waals surface area contributed by atoms with Gasteiger partial charge in [-0.1, -0.05) is 70.2 Å². The molecule has 2 atom stereocenters. The minimum atomic E-state index is -0.231. The first-order valence-electron chi connectivity index (χ1n) is 21.5. The number of hydrogen-bond acceptors (Lipinski definition) is 15. The van der Waals surface area contributed by atoms with Crippen LogP contribution in [0, 0.1) is 12.8 Å². The zero-order valence-electron chi connectivity index (χ0n) is 36.8. The number of nitrogens with zero attached hydrogens (tertiary/aromatic N) is 6. The normalized spacial score (nSPS) is 19.4. The Morgan fingerprint density at radius 3 is 2.10 bits per heavy atom. The number of fused-ring (bicyclic) bond motifs is 2. The molecule has 2 unspecified atom stereocenters. The van der Waals surface area contributed by atoms with Gasteiger partial charge in [0.25, 0.3) is 0 Å². The molecule has 0 bridgehead atoms. The lowest BCUT2D eigenvalue weighted by molar-refractivity contribution is 0.370. The molecule has 0 spiro atoms. The van der Waals surface area contributed by atoms with Crippen LogP contribution in [-0.4, -0.2) is 81.2 Å². The minimum Gasteiger partial charge on any atom is -0.507 e. The van der Waals surface area contributed by atoms with E-state index in [1.54, 1.807) is 14.2 Å². The van der Waals surface area contributed by atoms with E-state index < -0.39 is 0 Å². The maximum Gasteiger partial charge on any atom is 0.225 e. The molecule has 1 fully saturated rings. The fourth-order valence-corrected chi connectivity index (χ4v) is 7.67. The Kier molecular flexibility index (Phi) is 14.2. The van der Waals surface area contributed by atoms with Crippen molar-refractivity contribution in [1.82, 2.24) is 36.2 Å². The number of methoxy groups -OCH3 is 2. The Morgan fingerprint density at radius 1 is 0.806 bits per heavy atom. The molecule has 3 aliphatic rings. The summed E-state index contributed by atoms with van der Waals surface area (Å²) in [5.74, 6) is 4.42. The van der Waals surface area contributed by atoms with Gasteiger partial charge in [0.15, 0.2) is 11.3 Å². The highest BCUT2D eigenvalue weighted by Crippen LogP contribution is 2.28. The Labute approximate surface area is 363 Å². The van der Waals surface area contributed by atoms with Crippen molar-refractivity contribution in [2.45, 2.75) is 110 Å². The van der Waals surface area contributed by atoms with Crippen molar-refractivity contribution in [2.24, 2.45) is 26.7 Å². The van der Waals surface area contributed by atoms with E-state index in [9.17, 15) is 5.11 Å². The second-order valence-electron chi connectivity index (χ2n) is 16.7. The number of aliphatic imine (C=N–C) groups is 2. The molecule has 2 aromatic heterocycles. The number of rotatable bonds is 14. The lowest BCUT2D eigenvalue weighted by Crippen LogP contribution is -2.53. The number of aromatic nitrogens is 4. The molecule has 1 aliphatic carbocycles. The lowest BCUT2D eigenvalue weighted by atomic mass is 9.92. The largest absolute Gasteiger partial charge is 0.507 e. The van der Waals surface area contributed by atoms with Crippen LogP contribution in [0.15, 0.2) is 81.8 Å². The zero-order valence-corrected chi connectivity index (χ0v) is 36.8. The number of nitrogens with two attached hydrogens (primary N) is 1. The summed E-state index contributed by atoms with van der Waals surface area (Å²) >= 11 is 0. The van der Waals surface area contributed by atoms with Gasteiger partial charge in [-0.3, -0.25) is 15.8 Å². The number of para-hydroxylation sites is 1. The summed E-state index contributed by atoms with van der Waals surface area (Å²) in [6.45, 7) is 12.1. The van der Waals surface area contributed by atoms with E-state index in [0.717, 1.165) is 87.6 Å². The smallest absolute Gasteiger partial charge is 0.225 e. The van der Waals surface area contributed by atoms with Crippen LogP contribution in [0.4, 0.5) is 11.8 Å². The first-order valence-corrected chi connectivity index (χ1v) is 21.5. The predicted octanol–water partition coefficient (Wildman–Crippen LogP) is 6.49. The molecule has 0 radical (unpaired) electrons. The van der Waals surface area contributed by atoms with Crippen molar-refractivity contribution in [3.05, 3.63) is 94.7 Å². The van der Waals surface area contributed by atoms with Gasteiger partial charge < -0.3 is 36.3 Å². The van der Waals surface area contributed by atoms with Crippen LogP contribution < -0.4 is 41.9 Å². The molecule has 2 aliphatic heterocycles. The first kappa shape index (κ1) is 43.8. The summed E-state index contributed by atoms with van der Waals surface area (Å²) in [6, 6.07) is 22.2. The summed E-state index contributed by atoms with van der Waals surface area (Å²) in [6.07, 6.45) is 3.89. The van der Waals surface area contributed by atoms with E-state index in [-0.39, 0.29) is 24.0 Å². The van der Waals surface area contributed by atoms with Crippen LogP contribution in [-0.2, 0) is 19.6 Å². The van der Waals surface area contributed by atoms with Gasteiger partial charge >= 0.3 is 0 Å². The Bertz CT molecular complexity index is 2370. The van der Waals surface area contributed by atoms with Gasteiger partial charge in [-0.15, -0.1) is 0 Å². The third-order valence-electron chi connectivity index (χ3n) is 11.4. The number of phenolic OH excluding ortho intramolecular Hbond substituents is 1. The molecular formula is C46H61N13O3. The third-order valence-corrected chi connectivity index (χ3v) is 11.4. The lowest BCUT2D eigenvalue weighted by Gasteiger charge is -2.31. The molecule has 8 rings (SSSR count). The van der Waals surface area contributed by atoms with Crippen LogP contribution in [0.3, 0.4) is 0 Å². The average Bonchev–Trinajstić information content (AvgIpc) is 3.92. The quantitative estimate of drug-likeness (QED) is 0.0602. The summed E-state index contributed by atoms with van der Waals surface area (Å²) in [7, 11) is 3.32. The summed E-state index contributed by atoms with van der Waals surface area (Å²) in [4.78, 5) is 19.1. The second kappa shape index (κ2) is 20.1. The highest BCUT2D eigenvalue weighted by molar-refractivity contribution is 6.47. The molecule has 1 saturated carbocycles. The van der Waals surface area contributed by atoms with Crippen LogP contribution in [0.1, 0.15) is 87.2 Å². The molecule has 328 valence electrons. The predicted molar refractivity (Wildman–Crippen MR) is 247 cm³/mol. The zero-order chi connectivity index (χ0) is 43.8. The number of H-pyrrole nitrogens is 1. The van der Waals surface area contributed by atoms with Gasteiger partial charge in [-0.25, -0.2) is 15.0 Å². The number of aromatic amines is 1. The van der Waals surface area contributed by atoms with Gasteiger partial charge in [0.05, 0.1) is 31.3 Å². The number of benzene rings is 3. The molecule has 4 heterocycles. The van der Waals surface area contributed by atoms with E-state index in [0.29, 0.717) is 55.2 Å². The monoisotopic (exact) mass is 844 g/mol. The number of phenols is 1. The van der Waals surface area contributed by atoms with Gasteiger partial charge in [0.1, 0.15) is 35.0 Å². The number of anilines is 2. The molecule has 5 aromatic rings. The van der Waals surface area contributed by atoms with Crippen molar-refractivity contribution >= 4 is 40.2 Å². The Morgan fingerprint density at radius 2 is 1.47 bits per heavy atom. The highest BCUT2D eigenvalue weighted by Gasteiger charge is 2.38. The number of ether oxygens (including phenoxy) is 2. The minimum absolute atomic E-state index is 0.111. The summed E-state index contributed by atoms with van der Waals surface area (Å²) < 4.78 is 10.5. The van der Waals surface area contributed by atoms with E-state index in [1.807, 2.05) is 73.7 Å². The number of guanidine groups is 1. The van der Waals surface area contributed by atoms with Crippen LogP contribution in [0.5, 0.6) is 17.2 Å². The van der Waals surface area contributed by atoms with E-state index in [4.69, 9.17) is 35.2 Å². The van der Waals surface area contributed by atoms with Crippen LogP contribution in [0.2, 0.25) is 0 Å². The average molecular weight is 844 g/mol. The SMILES string of the molecule is COc1ccc(CNc2nc(NCc3ccc(OC)cc3)c3n[nH]c(C(C)C)c3n2)cc1.Cc1cccc(CNC2N=C(NC3CCC(N)CC3)N=C3C(C(C)C)=NNC32)c1O. The fraction of sp³-hybridized carbons (Fsp3) is 0.435. The van der Waals surface area contributed by atoms with Crippen LogP contribution in [0.25, 0.3) is 11.0 Å². The van der Waals surface area contributed by atoms with Crippen molar-refractivity contribution in [3.63, 3.8) is 0 Å². The molecular weight excluding hydrogens is 783 g/mol. The van der Waals surface area contributed by atoms with Crippen molar-refractivity contribution in [3.8, 4) is 17.2 Å².